The molecule has 94 valence electrons. The van der Waals surface area contributed by atoms with Crippen LogP contribution in [0, 0.1) is 6.92 Å². The summed E-state index contributed by atoms with van der Waals surface area (Å²) in [6, 6.07) is 3.22. The lowest BCUT2D eigenvalue weighted by Crippen LogP contribution is -2.22. The molecule has 2 heterocycles. The molecule has 0 atom stereocenters. The third kappa shape index (κ3) is 2.48. The fraction of sp³-hybridized carbons (Fsp3) is 0.273. The van der Waals surface area contributed by atoms with Crippen molar-refractivity contribution in [2.45, 2.75) is 6.92 Å². The molecule has 0 aliphatic heterocycles. The molecule has 0 N–H and O–H groups in total. The van der Waals surface area contributed by atoms with Gasteiger partial charge in [-0.25, -0.2) is 14.6 Å². The molecule has 0 saturated heterocycles. The Kier molecular flexibility index (Phi) is 3.29. The van der Waals surface area contributed by atoms with Gasteiger partial charge in [-0.1, -0.05) is 11.6 Å². The van der Waals surface area contributed by atoms with E-state index < -0.39 is 0 Å². The van der Waals surface area contributed by atoms with Gasteiger partial charge in [0.1, 0.15) is 11.0 Å². The first kappa shape index (κ1) is 12.5. The van der Waals surface area contributed by atoms with Crippen LogP contribution in [0.4, 0.5) is 0 Å². The summed E-state index contributed by atoms with van der Waals surface area (Å²) in [5.41, 5.74) is 0.354. The number of nitrogens with zero attached hydrogens (tertiary/aromatic N) is 5. The van der Waals surface area contributed by atoms with Crippen LogP contribution in [0.2, 0.25) is 5.15 Å². The van der Waals surface area contributed by atoms with Gasteiger partial charge in [0.05, 0.1) is 0 Å². The van der Waals surface area contributed by atoms with Crippen LogP contribution in [0.3, 0.4) is 0 Å². The maximum absolute atomic E-state index is 11.7. The maximum Gasteiger partial charge on any atom is 0.273 e. The van der Waals surface area contributed by atoms with Gasteiger partial charge in [0.2, 0.25) is 0 Å². The van der Waals surface area contributed by atoms with E-state index in [9.17, 15) is 4.79 Å². The largest absolute Gasteiger partial charge is 0.343 e. The minimum absolute atomic E-state index is 0.161. The number of aromatic nitrogens is 4. The summed E-state index contributed by atoms with van der Waals surface area (Å²) in [6.07, 6.45) is 1.66. The summed E-state index contributed by atoms with van der Waals surface area (Å²) >= 11 is 5.85. The Labute approximate surface area is 109 Å². The highest BCUT2D eigenvalue weighted by atomic mass is 35.5. The second kappa shape index (κ2) is 4.73. The first-order valence-corrected chi connectivity index (χ1v) is 5.64. The lowest BCUT2D eigenvalue weighted by molar-refractivity contribution is 0.0821. The average Bonchev–Trinajstić information content (AvgIpc) is 2.75. The SMILES string of the molecule is Cc1nc(Cl)cc(-n2ccc(C(=O)N(C)C)n2)n1. The monoisotopic (exact) mass is 265 g/mol. The van der Waals surface area contributed by atoms with E-state index in [1.54, 1.807) is 39.3 Å². The molecular formula is C11H12ClN5O. The molecule has 0 unspecified atom stereocenters. The van der Waals surface area contributed by atoms with Gasteiger partial charge in [-0.2, -0.15) is 5.10 Å². The van der Waals surface area contributed by atoms with Gasteiger partial charge >= 0.3 is 0 Å². The Morgan fingerprint density at radius 1 is 1.39 bits per heavy atom. The summed E-state index contributed by atoms with van der Waals surface area (Å²) in [6.45, 7) is 1.74. The second-order valence-corrected chi connectivity index (χ2v) is 4.33. The highest BCUT2D eigenvalue weighted by molar-refractivity contribution is 6.29. The molecule has 2 rings (SSSR count). The summed E-state index contributed by atoms with van der Waals surface area (Å²) in [5, 5.41) is 4.50. The minimum Gasteiger partial charge on any atom is -0.343 e. The molecule has 0 bridgehead atoms. The number of carbonyl (C=O) groups is 1. The fourth-order valence-electron chi connectivity index (χ4n) is 1.43. The Hall–Kier alpha value is -1.95. The van der Waals surface area contributed by atoms with E-state index in [1.165, 1.54) is 9.58 Å². The van der Waals surface area contributed by atoms with Crippen molar-refractivity contribution in [3.63, 3.8) is 0 Å². The van der Waals surface area contributed by atoms with Crippen LogP contribution in [-0.4, -0.2) is 44.7 Å². The lowest BCUT2D eigenvalue weighted by atomic mass is 10.4. The summed E-state index contributed by atoms with van der Waals surface area (Å²) in [7, 11) is 3.35. The fourth-order valence-corrected chi connectivity index (χ4v) is 1.65. The van der Waals surface area contributed by atoms with Gasteiger partial charge in [-0.15, -0.1) is 0 Å². The number of aryl methyl sites for hydroxylation is 1. The number of rotatable bonds is 2. The molecule has 0 radical (unpaired) electrons. The van der Waals surface area contributed by atoms with Crippen LogP contribution in [0.25, 0.3) is 5.82 Å². The number of carbonyl (C=O) groups excluding carboxylic acids is 1. The van der Waals surface area contributed by atoms with Crippen LogP contribution in [-0.2, 0) is 0 Å². The first-order valence-electron chi connectivity index (χ1n) is 5.26. The number of hydrogen-bond donors (Lipinski definition) is 0. The highest BCUT2D eigenvalue weighted by Gasteiger charge is 2.12. The maximum atomic E-state index is 11.7. The number of halogens is 1. The van der Waals surface area contributed by atoms with E-state index >= 15 is 0 Å². The lowest BCUT2D eigenvalue weighted by Gasteiger charge is -2.07. The summed E-state index contributed by atoms with van der Waals surface area (Å²) in [4.78, 5) is 21.3. The van der Waals surface area contributed by atoms with E-state index in [2.05, 4.69) is 15.1 Å². The second-order valence-electron chi connectivity index (χ2n) is 3.94. The number of amides is 1. The van der Waals surface area contributed by atoms with Crippen molar-refractivity contribution in [2.75, 3.05) is 14.1 Å². The summed E-state index contributed by atoms with van der Waals surface area (Å²) < 4.78 is 1.50. The molecule has 1 amide bonds. The third-order valence-corrected chi connectivity index (χ3v) is 2.44. The van der Waals surface area contributed by atoms with Gasteiger partial charge in [0.15, 0.2) is 11.5 Å². The van der Waals surface area contributed by atoms with Crippen LogP contribution in [0.15, 0.2) is 18.3 Å². The predicted molar refractivity (Wildman–Crippen MR) is 66.9 cm³/mol. The molecule has 0 aliphatic carbocycles. The molecule has 7 heteroatoms. The Balaban J connectivity index is 2.38. The summed E-state index contributed by atoms with van der Waals surface area (Å²) in [5.74, 6) is 0.921. The predicted octanol–water partition coefficient (Wildman–Crippen LogP) is 1.33. The molecule has 0 aromatic carbocycles. The smallest absolute Gasteiger partial charge is 0.273 e. The van der Waals surface area contributed by atoms with Gasteiger partial charge in [0.25, 0.3) is 5.91 Å². The Morgan fingerprint density at radius 3 is 2.72 bits per heavy atom. The van der Waals surface area contributed by atoms with Gasteiger partial charge < -0.3 is 4.90 Å². The van der Waals surface area contributed by atoms with E-state index in [4.69, 9.17) is 11.6 Å². The van der Waals surface area contributed by atoms with E-state index in [-0.39, 0.29) is 5.91 Å². The third-order valence-electron chi connectivity index (χ3n) is 2.24. The van der Waals surface area contributed by atoms with Gasteiger partial charge in [0, 0.05) is 26.4 Å². The van der Waals surface area contributed by atoms with Crippen molar-refractivity contribution in [3.05, 3.63) is 35.0 Å². The molecule has 0 saturated carbocycles. The molecular weight excluding hydrogens is 254 g/mol. The molecule has 2 aromatic heterocycles. The Bertz CT molecular complexity index is 573. The molecule has 0 spiro atoms. The highest BCUT2D eigenvalue weighted by Crippen LogP contribution is 2.11. The Morgan fingerprint density at radius 2 is 2.11 bits per heavy atom. The zero-order valence-corrected chi connectivity index (χ0v) is 11.0. The van der Waals surface area contributed by atoms with Crippen molar-refractivity contribution in [2.24, 2.45) is 0 Å². The van der Waals surface area contributed by atoms with Gasteiger partial charge in [-0.05, 0) is 13.0 Å². The van der Waals surface area contributed by atoms with E-state index in [1.807, 2.05) is 0 Å². The van der Waals surface area contributed by atoms with Crippen molar-refractivity contribution >= 4 is 17.5 Å². The zero-order valence-electron chi connectivity index (χ0n) is 10.3. The minimum atomic E-state index is -0.161. The van der Waals surface area contributed by atoms with Crippen LogP contribution >= 0.6 is 11.6 Å². The average molecular weight is 266 g/mol. The van der Waals surface area contributed by atoms with Crippen LogP contribution in [0.1, 0.15) is 16.3 Å². The van der Waals surface area contributed by atoms with Crippen molar-refractivity contribution in [3.8, 4) is 5.82 Å². The quantitative estimate of drug-likeness (QED) is 0.769. The van der Waals surface area contributed by atoms with E-state index in [0.717, 1.165) is 0 Å². The topological polar surface area (TPSA) is 63.9 Å². The molecule has 0 aliphatic rings. The van der Waals surface area contributed by atoms with Crippen LogP contribution in [0.5, 0.6) is 0 Å². The van der Waals surface area contributed by atoms with Gasteiger partial charge in [-0.3, -0.25) is 4.79 Å². The molecule has 6 nitrogen and oxygen atoms in total. The standard InChI is InChI=1S/C11H12ClN5O/c1-7-13-9(12)6-10(14-7)17-5-4-8(15-17)11(18)16(2)3/h4-6H,1-3H3. The van der Waals surface area contributed by atoms with E-state index in [0.29, 0.717) is 22.5 Å². The molecule has 2 aromatic rings. The first-order chi connectivity index (χ1) is 8.47. The zero-order chi connectivity index (χ0) is 13.3. The van der Waals surface area contributed by atoms with Crippen molar-refractivity contribution in [1.82, 2.24) is 24.6 Å². The van der Waals surface area contributed by atoms with Crippen molar-refractivity contribution in [1.29, 1.82) is 0 Å². The van der Waals surface area contributed by atoms with Crippen molar-refractivity contribution < 1.29 is 4.79 Å². The number of hydrogen-bond acceptors (Lipinski definition) is 4. The molecule has 18 heavy (non-hydrogen) atoms. The van der Waals surface area contributed by atoms with Crippen LogP contribution < -0.4 is 0 Å². The normalized spacial score (nSPS) is 10.4. The molecule has 0 fully saturated rings.